The van der Waals surface area contributed by atoms with Gasteiger partial charge in [0.05, 0.1) is 6.04 Å². The van der Waals surface area contributed by atoms with Crippen LogP contribution >= 0.6 is 0 Å². The number of amides is 3. The molecule has 2 atom stereocenters. The molecule has 0 fully saturated rings. The van der Waals surface area contributed by atoms with Gasteiger partial charge in [-0.3, -0.25) is 4.79 Å². The summed E-state index contributed by atoms with van der Waals surface area (Å²) in [7, 11) is 0. The van der Waals surface area contributed by atoms with Gasteiger partial charge in [-0.1, -0.05) is 48.9 Å². The van der Waals surface area contributed by atoms with E-state index in [2.05, 4.69) is 35.8 Å². The summed E-state index contributed by atoms with van der Waals surface area (Å²) < 4.78 is 0. The van der Waals surface area contributed by atoms with E-state index in [-0.39, 0.29) is 24.0 Å². The molecular formula is C25H33N3O2. The molecule has 5 heteroatoms. The molecule has 0 spiro atoms. The van der Waals surface area contributed by atoms with Crippen molar-refractivity contribution < 1.29 is 9.59 Å². The van der Waals surface area contributed by atoms with E-state index < -0.39 is 0 Å². The van der Waals surface area contributed by atoms with Gasteiger partial charge in [0.1, 0.15) is 0 Å². The lowest BCUT2D eigenvalue weighted by atomic mass is 9.87. The second kappa shape index (κ2) is 10.3. The second-order valence-electron chi connectivity index (χ2n) is 8.21. The summed E-state index contributed by atoms with van der Waals surface area (Å²) in [6.45, 7) is 6.48. The van der Waals surface area contributed by atoms with E-state index in [4.69, 9.17) is 0 Å². The fourth-order valence-corrected chi connectivity index (χ4v) is 3.97. The van der Waals surface area contributed by atoms with Crippen molar-refractivity contribution in [3.05, 3.63) is 65.2 Å². The summed E-state index contributed by atoms with van der Waals surface area (Å²) in [6, 6.07) is 16.0. The van der Waals surface area contributed by atoms with Crippen molar-refractivity contribution in [3.8, 4) is 0 Å². The van der Waals surface area contributed by atoms with E-state index in [0.717, 1.165) is 36.9 Å². The first kappa shape index (κ1) is 21.9. The van der Waals surface area contributed by atoms with Gasteiger partial charge in [0.15, 0.2) is 0 Å². The van der Waals surface area contributed by atoms with E-state index in [1.807, 2.05) is 44.2 Å². The average Bonchev–Trinajstić information content (AvgIpc) is 2.75. The van der Waals surface area contributed by atoms with Crippen molar-refractivity contribution in [3.63, 3.8) is 0 Å². The van der Waals surface area contributed by atoms with Gasteiger partial charge in [0.25, 0.3) is 0 Å². The van der Waals surface area contributed by atoms with Crippen LogP contribution in [0.5, 0.6) is 0 Å². The molecule has 0 radical (unpaired) electrons. The van der Waals surface area contributed by atoms with Crippen molar-refractivity contribution >= 4 is 17.6 Å². The number of rotatable bonds is 7. The van der Waals surface area contributed by atoms with Crippen LogP contribution in [0.1, 0.15) is 62.3 Å². The van der Waals surface area contributed by atoms with Crippen LogP contribution in [0.2, 0.25) is 0 Å². The Hall–Kier alpha value is -2.82. The first-order chi connectivity index (χ1) is 14.5. The standard InChI is InChI=1S/C25H33N3O2/c1-4-19(3)28(25(30)26-21-14-12-18(2)13-15-21)17-16-24(29)27-23-11-7-9-20-8-5-6-10-22(20)23/h5-6,8,10,12-15,19,23H,4,7,9,11,16-17H2,1-3H3,(H,26,30)(H,27,29). The maximum Gasteiger partial charge on any atom is 0.322 e. The molecule has 2 aromatic rings. The Balaban J connectivity index is 1.58. The topological polar surface area (TPSA) is 61.4 Å². The highest BCUT2D eigenvalue weighted by molar-refractivity contribution is 5.90. The Morgan fingerprint density at radius 3 is 2.60 bits per heavy atom. The number of hydrogen-bond donors (Lipinski definition) is 2. The maximum atomic E-state index is 12.8. The summed E-state index contributed by atoms with van der Waals surface area (Å²) in [6.07, 6.45) is 4.25. The molecule has 30 heavy (non-hydrogen) atoms. The van der Waals surface area contributed by atoms with E-state index in [1.165, 1.54) is 11.1 Å². The Kier molecular flexibility index (Phi) is 7.50. The van der Waals surface area contributed by atoms with Crippen molar-refractivity contribution in [2.24, 2.45) is 0 Å². The van der Waals surface area contributed by atoms with Crippen molar-refractivity contribution in [1.29, 1.82) is 0 Å². The van der Waals surface area contributed by atoms with Crippen LogP contribution in [-0.2, 0) is 11.2 Å². The molecule has 160 valence electrons. The average molecular weight is 408 g/mol. The molecule has 0 aliphatic heterocycles. The molecule has 0 aromatic heterocycles. The molecule has 1 aliphatic rings. The largest absolute Gasteiger partial charge is 0.349 e. The summed E-state index contributed by atoms with van der Waals surface area (Å²) in [5.41, 5.74) is 4.47. The van der Waals surface area contributed by atoms with Gasteiger partial charge in [-0.15, -0.1) is 0 Å². The molecule has 0 saturated heterocycles. The normalized spacial score (nSPS) is 16.3. The van der Waals surface area contributed by atoms with Crippen LogP contribution in [0.3, 0.4) is 0 Å². The number of benzene rings is 2. The SMILES string of the molecule is CCC(C)N(CCC(=O)NC1CCCc2ccccc21)C(=O)Nc1ccc(C)cc1. The van der Waals surface area contributed by atoms with Crippen LogP contribution in [0.4, 0.5) is 10.5 Å². The first-order valence-electron chi connectivity index (χ1n) is 11.0. The summed E-state index contributed by atoms with van der Waals surface area (Å²) in [5.74, 6) is -0.00635. The lowest BCUT2D eigenvalue weighted by Crippen LogP contribution is -2.43. The Bertz CT molecular complexity index is 863. The fourth-order valence-electron chi connectivity index (χ4n) is 3.97. The lowest BCUT2D eigenvalue weighted by Gasteiger charge is -2.30. The van der Waals surface area contributed by atoms with Gasteiger partial charge in [0, 0.05) is 24.7 Å². The molecule has 1 aliphatic carbocycles. The third kappa shape index (κ3) is 5.62. The van der Waals surface area contributed by atoms with Crippen LogP contribution in [0, 0.1) is 6.92 Å². The molecule has 5 nitrogen and oxygen atoms in total. The quantitative estimate of drug-likeness (QED) is 0.662. The fraction of sp³-hybridized carbons (Fsp3) is 0.440. The molecule has 0 bridgehead atoms. The van der Waals surface area contributed by atoms with E-state index in [1.54, 1.807) is 4.90 Å². The number of nitrogens with one attached hydrogen (secondary N) is 2. The lowest BCUT2D eigenvalue weighted by molar-refractivity contribution is -0.122. The van der Waals surface area contributed by atoms with Gasteiger partial charge in [-0.2, -0.15) is 0 Å². The van der Waals surface area contributed by atoms with Crippen LogP contribution in [-0.4, -0.2) is 29.4 Å². The molecule has 2 N–H and O–H groups in total. The zero-order valence-electron chi connectivity index (χ0n) is 18.3. The smallest absolute Gasteiger partial charge is 0.322 e. The summed E-state index contributed by atoms with van der Waals surface area (Å²) in [4.78, 5) is 27.3. The van der Waals surface area contributed by atoms with Crippen LogP contribution in [0.25, 0.3) is 0 Å². The number of hydrogen-bond acceptors (Lipinski definition) is 2. The zero-order chi connectivity index (χ0) is 21.5. The minimum Gasteiger partial charge on any atom is -0.349 e. The molecule has 3 rings (SSSR count). The number of carbonyl (C=O) groups excluding carboxylic acids is 2. The predicted molar refractivity (Wildman–Crippen MR) is 122 cm³/mol. The third-order valence-corrected chi connectivity index (χ3v) is 5.97. The van der Waals surface area contributed by atoms with E-state index >= 15 is 0 Å². The van der Waals surface area contributed by atoms with Crippen molar-refractivity contribution in [1.82, 2.24) is 10.2 Å². The summed E-state index contributed by atoms with van der Waals surface area (Å²) >= 11 is 0. The minimum absolute atomic E-state index is 0.00635. The Labute approximate surface area is 179 Å². The molecular weight excluding hydrogens is 374 g/mol. The third-order valence-electron chi connectivity index (χ3n) is 5.97. The van der Waals surface area contributed by atoms with Crippen LogP contribution < -0.4 is 10.6 Å². The number of aryl methyl sites for hydroxylation is 2. The molecule has 0 heterocycles. The second-order valence-corrected chi connectivity index (χ2v) is 8.21. The van der Waals surface area contributed by atoms with Gasteiger partial charge < -0.3 is 15.5 Å². The molecule has 2 unspecified atom stereocenters. The van der Waals surface area contributed by atoms with E-state index in [9.17, 15) is 9.59 Å². The van der Waals surface area contributed by atoms with Crippen LogP contribution in [0.15, 0.2) is 48.5 Å². The molecule has 2 aromatic carbocycles. The van der Waals surface area contributed by atoms with Crippen molar-refractivity contribution in [2.45, 2.75) is 65.0 Å². The number of fused-ring (bicyclic) bond motifs is 1. The molecule has 0 saturated carbocycles. The predicted octanol–water partition coefficient (Wildman–Crippen LogP) is 5.21. The van der Waals surface area contributed by atoms with Crippen molar-refractivity contribution in [2.75, 3.05) is 11.9 Å². The Morgan fingerprint density at radius 1 is 1.13 bits per heavy atom. The number of anilines is 1. The number of carbonyl (C=O) groups is 2. The summed E-state index contributed by atoms with van der Waals surface area (Å²) in [5, 5.41) is 6.14. The van der Waals surface area contributed by atoms with Gasteiger partial charge >= 0.3 is 6.03 Å². The highest BCUT2D eigenvalue weighted by Crippen LogP contribution is 2.29. The maximum absolute atomic E-state index is 12.8. The van der Waals surface area contributed by atoms with Gasteiger partial charge in [0.2, 0.25) is 5.91 Å². The monoisotopic (exact) mass is 407 g/mol. The number of urea groups is 1. The first-order valence-corrected chi connectivity index (χ1v) is 11.0. The highest BCUT2D eigenvalue weighted by Gasteiger charge is 2.23. The molecule has 3 amide bonds. The van der Waals surface area contributed by atoms with Gasteiger partial charge in [-0.05, 0) is 62.8 Å². The minimum atomic E-state index is -0.163. The highest BCUT2D eigenvalue weighted by atomic mass is 16.2. The number of nitrogens with zero attached hydrogens (tertiary/aromatic N) is 1. The van der Waals surface area contributed by atoms with E-state index in [0.29, 0.717) is 13.0 Å². The zero-order valence-corrected chi connectivity index (χ0v) is 18.3. The van der Waals surface area contributed by atoms with Gasteiger partial charge in [-0.25, -0.2) is 4.79 Å². The Morgan fingerprint density at radius 2 is 1.87 bits per heavy atom.